The van der Waals surface area contributed by atoms with Crippen LogP contribution in [0.25, 0.3) is 0 Å². The number of ether oxygens (including phenoxy) is 3. The van der Waals surface area contributed by atoms with Crippen LogP contribution in [-0.2, 0) is 14.2 Å². The minimum absolute atomic E-state index is 0.108. The quantitative estimate of drug-likeness (QED) is 0.858. The van der Waals surface area contributed by atoms with Gasteiger partial charge in [-0.15, -0.1) is 0 Å². The van der Waals surface area contributed by atoms with Gasteiger partial charge in [0.25, 0.3) is 0 Å². The molecule has 0 bridgehead atoms. The van der Waals surface area contributed by atoms with Crippen LogP contribution in [0.2, 0.25) is 0 Å². The molecule has 3 unspecified atom stereocenters. The maximum atomic E-state index is 12.6. The summed E-state index contributed by atoms with van der Waals surface area (Å²) in [6, 6.07) is -0.108. The minimum atomic E-state index is -4.35. The third kappa shape index (κ3) is 3.39. The summed E-state index contributed by atoms with van der Waals surface area (Å²) in [6.45, 7) is 2.02. The first kappa shape index (κ1) is 15.0. The molecule has 0 radical (unpaired) electrons. The summed E-state index contributed by atoms with van der Waals surface area (Å²) in [4.78, 5) is 0. The molecule has 1 saturated heterocycles. The van der Waals surface area contributed by atoms with Crippen LogP contribution in [-0.4, -0.2) is 50.5 Å². The van der Waals surface area contributed by atoms with Gasteiger partial charge in [-0.05, 0) is 20.4 Å². The van der Waals surface area contributed by atoms with E-state index in [1.165, 1.54) is 0 Å². The number of hydrogen-bond donors (Lipinski definition) is 1. The molecular formula is C12H20F3NO3. The second-order valence-corrected chi connectivity index (χ2v) is 5.10. The van der Waals surface area contributed by atoms with Crippen LogP contribution in [0.1, 0.15) is 26.2 Å². The van der Waals surface area contributed by atoms with Gasteiger partial charge in [0.2, 0.25) is 0 Å². The first-order valence-corrected chi connectivity index (χ1v) is 6.54. The van der Waals surface area contributed by atoms with Crippen molar-refractivity contribution in [1.29, 1.82) is 0 Å². The van der Waals surface area contributed by atoms with Crippen molar-refractivity contribution in [2.24, 2.45) is 0 Å². The molecule has 2 rings (SSSR count). The van der Waals surface area contributed by atoms with Crippen LogP contribution in [0.4, 0.5) is 13.2 Å². The van der Waals surface area contributed by atoms with Crippen molar-refractivity contribution in [1.82, 2.24) is 5.32 Å². The van der Waals surface area contributed by atoms with Crippen molar-refractivity contribution >= 4 is 0 Å². The van der Waals surface area contributed by atoms with E-state index >= 15 is 0 Å². The zero-order valence-corrected chi connectivity index (χ0v) is 11.1. The smallest absolute Gasteiger partial charge is 0.364 e. The van der Waals surface area contributed by atoms with Crippen molar-refractivity contribution in [3.63, 3.8) is 0 Å². The zero-order chi connectivity index (χ0) is 14.1. The van der Waals surface area contributed by atoms with E-state index in [0.717, 1.165) is 6.92 Å². The summed E-state index contributed by atoms with van der Waals surface area (Å²) in [5.74, 6) is -0.747. The van der Waals surface area contributed by atoms with E-state index in [1.807, 2.05) is 0 Å². The average molecular weight is 283 g/mol. The lowest BCUT2D eigenvalue weighted by molar-refractivity contribution is -0.257. The standard InChI is InChI=1S/C12H20F3NO3/c1-8(12(13,14)15)19-10-7-11(17-5-6-18-11)4-3-9(10)16-2/h8-10,16H,3-7H2,1-2H3. The number of likely N-dealkylation sites (N-methyl/N-ethyl adjacent to an activating group) is 1. The van der Waals surface area contributed by atoms with E-state index in [-0.39, 0.29) is 6.04 Å². The number of nitrogens with one attached hydrogen (secondary N) is 1. The van der Waals surface area contributed by atoms with Gasteiger partial charge in [0, 0.05) is 18.9 Å². The van der Waals surface area contributed by atoms with Crippen molar-refractivity contribution in [3.05, 3.63) is 0 Å². The maximum Gasteiger partial charge on any atom is 0.414 e. The van der Waals surface area contributed by atoms with Crippen LogP contribution in [0.15, 0.2) is 0 Å². The molecule has 1 saturated carbocycles. The lowest BCUT2D eigenvalue weighted by Crippen LogP contribution is -2.53. The molecule has 3 atom stereocenters. The first-order valence-electron chi connectivity index (χ1n) is 6.54. The van der Waals surface area contributed by atoms with Crippen molar-refractivity contribution in [2.75, 3.05) is 20.3 Å². The monoisotopic (exact) mass is 283 g/mol. The van der Waals surface area contributed by atoms with E-state index < -0.39 is 24.2 Å². The second-order valence-electron chi connectivity index (χ2n) is 5.10. The Hall–Kier alpha value is -0.370. The van der Waals surface area contributed by atoms with Crippen molar-refractivity contribution in [3.8, 4) is 0 Å². The van der Waals surface area contributed by atoms with Crippen LogP contribution in [0.5, 0.6) is 0 Å². The minimum Gasteiger partial charge on any atom is -0.364 e. The van der Waals surface area contributed by atoms with Gasteiger partial charge in [-0.25, -0.2) is 0 Å². The average Bonchev–Trinajstić information content (AvgIpc) is 2.76. The Kier molecular flexibility index (Phi) is 4.39. The van der Waals surface area contributed by atoms with Crippen molar-refractivity contribution < 1.29 is 27.4 Å². The molecule has 2 aliphatic rings. The summed E-state index contributed by atoms with van der Waals surface area (Å²) in [5.41, 5.74) is 0. The maximum absolute atomic E-state index is 12.6. The predicted molar refractivity (Wildman–Crippen MR) is 61.7 cm³/mol. The molecule has 0 aromatic carbocycles. The molecule has 112 valence electrons. The molecule has 1 N–H and O–H groups in total. The fourth-order valence-corrected chi connectivity index (χ4v) is 2.68. The van der Waals surface area contributed by atoms with Gasteiger partial charge < -0.3 is 19.5 Å². The van der Waals surface area contributed by atoms with E-state index in [0.29, 0.717) is 32.5 Å². The Bertz CT molecular complexity index is 305. The fraction of sp³-hybridized carbons (Fsp3) is 1.00. The third-order valence-corrected chi connectivity index (χ3v) is 3.82. The Balaban J connectivity index is 2.01. The van der Waals surface area contributed by atoms with Crippen LogP contribution in [0.3, 0.4) is 0 Å². The fourth-order valence-electron chi connectivity index (χ4n) is 2.68. The van der Waals surface area contributed by atoms with E-state index in [2.05, 4.69) is 5.32 Å². The molecular weight excluding hydrogens is 263 g/mol. The lowest BCUT2D eigenvalue weighted by Gasteiger charge is -2.41. The van der Waals surface area contributed by atoms with Gasteiger partial charge in [-0.2, -0.15) is 13.2 Å². The molecule has 1 aliphatic heterocycles. The lowest BCUT2D eigenvalue weighted by atomic mass is 9.87. The predicted octanol–water partition coefficient (Wildman–Crippen LogP) is 1.84. The molecule has 2 fully saturated rings. The van der Waals surface area contributed by atoms with Crippen molar-refractivity contribution in [2.45, 2.75) is 56.4 Å². The Morgan fingerprint density at radius 2 is 1.95 bits per heavy atom. The second kappa shape index (κ2) is 5.55. The van der Waals surface area contributed by atoms with Crippen LogP contribution in [0, 0.1) is 0 Å². The molecule has 0 amide bonds. The Morgan fingerprint density at radius 3 is 2.47 bits per heavy atom. The molecule has 1 spiro atoms. The molecule has 1 heterocycles. The van der Waals surface area contributed by atoms with Gasteiger partial charge in [-0.1, -0.05) is 0 Å². The molecule has 0 aromatic heterocycles. The van der Waals surface area contributed by atoms with Gasteiger partial charge >= 0.3 is 6.18 Å². The van der Waals surface area contributed by atoms with Crippen LogP contribution >= 0.6 is 0 Å². The number of halogens is 3. The first-order chi connectivity index (χ1) is 8.86. The van der Waals surface area contributed by atoms with E-state index in [4.69, 9.17) is 14.2 Å². The number of alkyl halides is 3. The zero-order valence-electron chi connectivity index (χ0n) is 11.1. The van der Waals surface area contributed by atoms with Crippen LogP contribution < -0.4 is 5.32 Å². The molecule has 1 aliphatic carbocycles. The molecule has 4 nitrogen and oxygen atoms in total. The van der Waals surface area contributed by atoms with Gasteiger partial charge in [0.15, 0.2) is 11.9 Å². The van der Waals surface area contributed by atoms with Gasteiger partial charge in [-0.3, -0.25) is 0 Å². The molecule has 19 heavy (non-hydrogen) atoms. The Morgan fingerprint density at radius 1 is 1.32 bits per heavy atom. The highest BCUT2D eigenvalue weighted by molar-refractivity contribution is 4.92. The summed E-state index contributed by atoms with van der Waals surface area (Å²) >= 11 is 0. The number of rotatable bonds is 3. The van der Waals surface area contributed by atoms with E-state index in [1.54, 1.807) is 7.05 Å². The highest BCUT2D eigenvalue weighted by Crippen LogP contribution is 2.38. The van der Waals surface area contributed by atoms with Gasteiger partial charge in [0.05, 0.1) is 19.3 Å². The molecule has 0 aromatic rings. The third-order valence-electron chi connectivity index (χ3n) is 3.82. The molecule has 7 heteroatoms. The summed E-state index contributed by atoms with van der Waals surface area (Å²) in [7, 11) is 1.73. The SMILES string of the molecule is CNC1CCC2(CC1OC(C)C(F)(F)F)OCCO2. The highest BCUT2D eigenvalue weighted by Gasteiger charge is 2.48. The highest BCUT2D eigenvalue weighted by atomic mass is 19.4. The van der Waals surface area contributed by atoms with E-state index in [9.17, 15) is 13.2 Å². The topological polar surface area (TPSA) is 39.7 Å². The van der Waals surface area contributed by atoms with Gasteiger partial charge in [0.1, 0.15) is 0 Å². The Labute approximate surface area is 110 Å². The summed E-state index contributed by atoms with van der Waals surface area (Å²) in [6.07, 6.45) is -5.01. The number of hydrogen-bond acceptors (Lipinski definition) is 4. The largest absolute Gasteiger partial charge is 0.414 e. The normalized spacial score (nSPS) is 32.7. The summed E-state index contributed by atoms with van der Waals surface area (Å²) in [5, 5.41) is 3.01. The summed E-state index contributed by atoms with van der Waals surface area (Å²) < 4.78 is 54.1.